The Bertz CT molecular complexity index is 2680. The van der Waals surface area contributed by atoms with E-state index in [1.807, 2.05) is 0 Å². The van der Waals surface area contributed by atoms with Crippen molar-refractivity contribution < 1.29 is 53.4 Å². The number of guanidine groups is 2. The molecule has 0 unspecified atom stereocenters. The van der Waals surface area contributed by atoms with E-state index in [1.165, 1.54) is 21.7 Å². The third kappa shape index (κ3) is 19.6. The van der Waals surface area contributed by atoms with Crippen molar-refractivity contribution in [2.24, 2.45) is 38.7 Å². The molecule has 8 atom stereocenters. The number of likely N-dealkylation sites (tertiary alicyclic amines) is 2. The third-order valence-electron chi connectivity index (χ3n) is 14.0. The van der Waals surface area contributed by atoms with Crippen LogP contribution in [0.1, 0.15) is 68.1 Å². The Labute approximate surface area is 470 Å². The number of benzene rings is 3. The minimum absolute atomic E-state index is 0.0267. The molecule has 0 spiro atoms. The minimum atomic E-state index is -1.61. The first-order valence-electron chi connectivity index (χ1n) is 26.9. The Morgan fingerprint density at radius 1 is 0.605 bits per heavy atom. The van der Waals surface area contributed by atoms with Crippen LogP contribution in [0.5, 0.6) is 0 Å². The molecule has 3 aromatic rings. The lowest BCUT2D eigenvalue weighted by Gasteiger charge is -2.33. The van der Waals surface area contributed by atoms with E-state index in [0.717, 1.165) is 0 Å². The van der Waals surface area contributed by atoms with E-state index in [-0.39, 0.29) is 83.0 Å². The highest BCUT2D eigenvalue weighted by Crippen LogP contribution is 2.23. The van der Waals surface area contributed by atoms with Gasteiger partial charge in [0.05, 0.1) is 19.2 Å². The highest BCUT2D eigenvalue weighted by atomic mass is 16.4. The first-order valence-corrected chi connectivity index (χ1v) is 26.9. The number of aliphatic hydroxyl groups excluding tert-OH is 1. The average Bonchev–Trinajstić information content (AvgIpc) is 4.17. The maximum absolute atomic E-state index is 14.2. The molecule has 3 aromatic carbocycles. The zero-order chi connectivity index (χ0) is 59.0. The Morgan fingerprint density at radius 3 is 1.58 bits per heavy atom. The third-order valence-corrected chi connectivity index (χ3v) is 14.0. The largest absolute Gasteiger partial charge is 0.480 e. The number of rotatable bonds is 30. The van der Waals surface area contributed by atoms with Crippen molar-refractivity contribution in [2.75, 3.05) is 46.4 Å². The van der Waals surface area contributed by atoms with Gasteiger partial charge >= 0.3 is 5.97 Å². The molecule has 0 aromatic heterocycles. The summed E-state index contributed by atoms with van der Waals surface area (Å²) in [6.07, 6.45) is 2.15. The summed E-state index contributed by atoms with van der Waals surface area (Å²) >= 11 is 0. The molecule has 2 aliphatic rings. The fourth-order valence-electron chi connectivity index (χ4n) is 9.69. The molecular formula is C55H77N15O11. The molecule has 8 amide bonds. The number of aliphatic carboxylic acids is 1. The smallest absolute Gasteiger partial charge is 0.326 e. The molecule has 2 heterocycles. The topological polar surface area (TPSA) is 419 Å². The van der Waals surface area contributed by atoms with Gasteiger partial charge in [-0.05, 0) is 68.1 Å². The second kappa shape index (κ2) is 31.8. The van der Waals surface area contributed by atoms with Gasteiger partial charge in [0.2, 0.25) is 47.3 Å². The molecule has 2 aliphatic heterocycles. The van der Waals surface area contributed by atoms with E-state index in [4.69, 9.17) is 28.7 Å². The van der Waals surface area contributed by atoms with Crippen LogP contribution in [0.3, 0.4) is 0 Å². The molecule has 81 heavy (non-hydrogen) atoms. The summed E-state index contributed by atoms with van der Waals surface area (Å²) < 4.78 is 0. The molecule has 26 heteroatoms. The van der Waals surface area contributed by atoms with E-state index in [1.54, 1.807) is 91.0 Å². The van der Waals surface area contributed by atoms with Crippen molar-refractivity contribution in [3.05, 3.63) is 108 Å². The molecule has 0 radical (unpaired) electrons. The van der Waals surface area contributed by atoms with Gasteiger partial charge in [-0.1, -0.05) is 91.0 Å². The molecule has 2 saturated heterocycles. The van der Waals surface area contributed by atoms with Crippen molar-refractivity contribution in [3.63, 3.8) is 0 Å². The first-order chi connectivity index (χ1) is 38.8. The highest BCUT2D eigenvalue weighted by molar-refractivity contribution is 5.98. The van der Waals surface area contributed by atoms with Gasteiger partial charge in [0.1, 0.15) is 42.3 Å². The van der Waals surface area contributed by atoms with Crippen molar-refractivity contribution in [1.82, 2.24) is 41.3 Å². The Hall–Kier alpha value is -8.65. The van der Waals surface area contributed by atoms with Gasteiger partial charge in [-0.15, -0.1) is 0 Å². The Balaban J connectivity index is 1.26. The predicted octanol–water partition coefficient (Wildman–Crippen LogP) is -2.91. The number of carbonyl (C=O) groups is 9. The van der Waals surface area contributed by atoms with Crippen LogP contribution >= 0.6 is 0 Å². The Morgan fingerprint density at radius 2 is 1.07 bits per heavy atom. The average molecular weight is 1120 g/mol. The van der Waals surface area contributed by atoms with E-state index in [2.05, 4.69) is 36.6 Å². The summed E-state index contributed by atoms with van der Waals surface area (Å²) in [6, 6.07) is 16.4. The maximum atomic E-state index is 14.2. The molecule has 0 bridgehead atoms. The summed E-state index contributed by atoms with van der Waals surface area (Å²) in [4.78, 5) is 136. The predicted molar refractivity (Wildman–Crippen MR) is 300 cm³/mol. The van der Waals surface area contributed by atoms with Gasteiger partial charge in [0, 0.05) is 52.5 Å². The van der Waals surface area contributed by atoms with E-state index >= 15 is 0 Å². The van der Waals surface area contributed by atoms with Gasteiger partial charge in [-0.25, -0.2) is 4.79 Å². The number of aliphatic hydroxyl groups is 1. The minimum Gasteiger partial charge on any atom is -0.480 e. The fraction of sp³-hybridized carbons (Fsp3) is 0.473. The van der Waals surface area contributed by atoms with Gasteiger partial charge in [-0.3, -0.25) is 48.3 Å². The number of hydrogen-bond donors (Lipinski definition) is 12. The van der Waals surface area contributed by atoms with Crippen LogP contribution in [0.2, 0.25) is 0 Å². The molecule has 2 fully saturated rings. The van der Waals surface area contributed by atoms with Crippen molar-refractivity contribution in [2.45, 2.75) is 119 Å². The Kier molecular flexibility index (Phi) is 24.8. The van der Waals surface area contributed by atoms with Gasteiger partial charge in [-0.2, -0.15) is 0 Å². The molecule has 5 rings (SSSR count). The normalized spacial score (nSPS) is 16.9. The van der Waals surface area contributed by atoms with Crippen molar-refractivity contribution in [1.29, 1.82) is 0 Å². The highest BCUT2D eigenvalue weighted by Gasteiger charge is 2.42. The van der Waals surface area contributed by atoms with Crippen LogP contribution in [-0.2, 0) is 62.4 Å². The quantitative estimate of drug-likeness (QED) is 0.0181. The fourth-order valence-corrected chi connectivity index (χ4v) is 9.69. The second-order valence-electron chi connectivity index (χ2n) is 20.0. The number of aliphatic imine (C=N–C) groups is 2. The number of carbonyl (C=O) groups excluding carboxylic acids is 8. The molecular weight excluding hydrogens is 1050 g/mol. The number of nitrogens with zero attached hydrogens (tertiary/aromatic N) is 5. The SMILES string of the molecule is CN(C(=O)[C@@H]1CCCN1C(=O)[C@@H](N)CCCN=C(N)N)[C@@H](Cc1ccccc1)C(=O)NCC(=O)N[C@@H](Cc1ccccc1)C(=O)N[C@@H](CO)C(=O)N1CCC[C@H]1C(=O)N[C@@H](Cc1ccccc1)C(=O)N[C@@H](CCCN=C(N)N)C(=O)O. The maximum Gasteiger partial charge on any atom is 0.326 e. The number of nitrogens with one attached hydrogen (secondary N) is 5. The van der Waals surface area contributed by atoms with Gasteiger partial charge in [0.25, 0.3) is 0 Å². The van der Waals surface area contributed by atoms with E-state index in [9.17, 15) is 53.4 Å². The monoisotopic (exact) mass is 1120 g/mol. The first kappa shape index (κ1) is 63.2. The van der Waals surface area contributed by atoms with Crippen molar-refractivity contribution >= 4 is 65.1 Å². The lowest BCUT2D eigenvalue weighted by molar-refractivity contribution is -0.147. The lowest BCUT2D eigenvalue weighted by atomic mass is 10.0. The van der Waals surface area contributed by atoms with Crippen LogP contribution < -0.4 is 55.3 Å². The summed E-state index contributed by atoms with van der Waals surface area (Å²) in [5.74, 6) is -7.26. The molecule has 26 nitrogen and oxygen atoms in total. The number of carboxylic acid groups (broad SMARTS) is 1. The molecule has 438 valence electrons. The molecule has 0 saturated carbocycles. The summed E-state index contributed by atoms with van der Waals surface area (Å²) in [5.41, 5.74) is 29.8. The van der Waals surface area contributed by atoms with E-state index < -0.39 is 115 Å². The second-order valence-corrected chi connectivity index (χ2v) is 20.0. The summed E-state index contributed by atoms with van der Waals surface area (Å²) in [6.45, 7) is -0.851. The summed E-state index contributed by atoms with van der Waals surface area (Å²) in [5, 5.41) is 33.5. The number of carboxylic acids is 1. The number of nitrogens with two attached hydrogens (primary N) is 5. The number of hydrogen-bond acceptors (Lipinski definition) is 13. The lowest BCUT2D eigenvalue weighted by Crippen LogP contribution is -2.60. The number of likely N-dealkylation sites (N-methyl/N-ethyl adjacent to an activating group) is 1. The van der Waals surface area contributed by atoms with Crippen LogP contribution in [0.4, 0.5) is 0 Å². The van der Waals surface area contributed by atoms with Gasteiger partial charge < -0.3 is 80.2 Å². The van der Waals surface area contributed by atoms with E-state index in [0.29, 0.717) is 42.4 Å². The van der Waals surface area contributed by atoms with Crippen LogP contribution in [-0.4, -0.2) is 185 Å². The zero-order valence-corrected chi connectivity index (χ0v) is 45.5. The number of amides is 8. The van der Waals surface area contributed by atoms with Crippen LogP contribution in [0.15, 0.2) is 101 Å². The summed E-state index contributed by atoms with van der Waals surface area (Å²) in [7, 11) is 1.45. The van der Waals surface area contributed by atoms with Gasteiger partial charge in [0.15, 0.2) is 11.9 Å². The van der Waals surface area contributed by atoms with Crippen molar-refractivity contribution in [3.8, 4) is 0 Å². The molecule has 17 N–H and O–H groups in total. The standard InChI is InChI=1S/C55H77N15O11/c1-68(52(79)43-24-14-28-70(43)50(77)37(56)21-11-25-61-54(57)58)44(31-36-19-9-4-10-20-36)48(75)63-32-45(72)64-39(29-34-15-5-2-6-16-34)46(73)67-41(33-71)51(78)69-27-13-23-42(69)49(76)66-40(30-35-17-7-3-8-18-35)47(74)65-38(53(80)81)22-12-26-62-55(59)60/h2-10,15-20,37-44,71H,11-14,21-33,56H2,1H3,(H,63,75)(H,64,72)(H,65,74)(H,66,76)(H,67,73)(H,80,81)(H4,57,58,61)(H4,59,60,62)/t37-,38-,39-,40-,41-,42-,43-,44-/m0/s1. The molecule has 0 aliphatic carbocycles. The van der Waals surface area contributed by atoms with Crippen LogP contribution in [0.25, 0.3) is 0 Å². The zero-order valence-electron chi connectivity index (χ0n) is 45.5. The van der Waals surface area contributed by atoms with Crippen LogP contribution in [0, 0.1) is 0 Å².